The summed E-state index contributed by atoms with van der Waals surface area (Å²) in [4.78, 5) is 16.7. The fourth-order valence-electron chi connectivity index (χ4n) is 2.34. The molecule has 1 N–H and O–H groups in total. The summed E-state index contributed by atoms with van der Waals surface area (Å²) in [7, 11) is 0. The molecule has 0 fully saturated rings. The first-order valence-electron chi connectivity index (χ1n) is 7.10. The fraction of sp³-hybridized carbons (Fsp3) is 0.467. The first kappa shape index (κ1) is 14.4. The van der Waals surface area contributed by atoms with Gasteiger partial charge in [-0.3, -0.25) is 4.57 Å². The van der Waals surface area contributed by atoms with Crippen LogP contribution >= 0.6 is 0 Å². The highest BCUT2D eigenvalue weighted by Gasteiger charge is 2.24. The number of rotatable bonds is 6. The molecule has 1 atom stereocenters. The van der Waals surface area contributed by atoms with E-state index in [0.717, 1.165) is 17.6 Å². The molecule has 0 amide bonds. The van der Waals surface area contributed by atoms with Crippen molar-refractivity contribution >= 4 is 23.0 Å². The predicted molar refractivity (Wildman–Crippen MR) is 79.9 cm³/mol. The van der Waals surface area contributed by atoms with Gasteiger partial charge in [0.05, 0.1) is 17.6 Å². The number of anilines is 1. The minimum absolute atomic E-state index is 0.211. The van der Waals surface area contributed by atoms with E-state index >= 15 is 0 Å². The van der Waals surface area contributed by atoms with Gasteiger partial charge >= 0.3 is 5.97 Å². The van der Waals surface area contributed by atoms with E-state index in [9.17, 15) is 4.79 Å². The molecule has 0 saturated heterocycles. The lowest BCUT2D eigenvalue weighted by molar-refractivity contribution is -0.147. The average Bonchev–Trinajstić information content (AvgIpc) is 2.79. The number of hydrogen-bond donors (Lipinski definition) is 1. The summed E-state index contributed by atoms with van der Waals surface area (Å²) in [6.45, 7) is 6.95. The van der Waals surface area contributed by atoms with Crippen LogP contribution in [0.2, 0.25) is 0 Å². The van der Waals surface area contributed by atoms with Gasteiger partial charge in [0.15, 0.2) is 0 Å². The van der Waals surface area contributed by atoms with E-state index in [4.69, 9.17) is 4.74 Å². The van der Waals surface area contributed by atoms with Crippen molar-refractivity contribution in [2.24, 2.45) is 0 Å². The van der Waals surface area contributed by atoms with Gasteiger partial charge < -0.3 is 10.1 Å². The highest BCUT2D eigenvalue weighted by Crippen LogP contribution is 2.27. The van der Waals surface area contributed by atoms with Gasteiger partial charge in [-0.2, -0.15) is 0 Å². The van der Waals surface area contributed by atoms with Crippen molar-refractivity contribution in [3.8, 4) is 0 Å². The van der Waals surface area contributed by atoms with Crippen molar-refractivity contribution in [3.63, 3.8) is 0 Å². The summed E-state index contributed by atoms with van der Waals surface area (Å²) < 4.78 is 7.13. The number of imidazole rings is 1. The van der Waals surface area contributed by atoms with E-state index in [-0.39, 0.29) is 12.0 Å². The van der Waals surface area contributed by atoms with Crippen LogP contribution in [0.15, 0.2) is 24.3 Å². The van der Waals surface area contributed by atoms with Gasteiger partial charge in [0, 0.05) is 6.54 Å². The maximum absolute atomic E-state index is 12.2. The summed E-state index contributed by atoms with van der Waals surface area (Å²) in [5, 5.41) is 3.22. The van der Waals surface area contributed by atoms with Crippen LogP contribution in [0.25, 0.3) is 11.0 Å². The van der Waals surface area contributed by atoms with Crippen LogP contribution in [-0.2, 0) is 9.53 Å². The quantitative estimate of drug-likeness (QED) is 0.823. The summed E-state index contributed by atoms with van der Waals surface area (Å²) in [5.74, 6) is 0.505. The third-order valence-corrected chi connectivity index (χ3v) is 3.19. The Labute approximate surface area is 118 Å². The standard InChI is InChI=1S/C15H21N3O2/c1-4-12(14(19)20-6-3)18-13-10-8-7-9-11(13)17-15(18)16-5-2/h7-10,12H,4-6H2,1-3H3,(H,16,17). The van der Waals surface area contributed by atoms with E-state index in [1.807, 2.05) is 49.6 Å². The molecule has 5 heteroatoms. The Morgan fingerprint density at radius 2 is 2.10 bits per heavy atom. The molecule has 108 valence electrons. The number of esters is 1. The van der Waals surface area contributed by atoms with E-state index in [1.54, 1.807) is 0 Å². The van der Waals surface area contributed by atoms with Crippen molar-refractivity contribution in [3.05, 3.63) is 24.3 Å². The van der Waals surface area contributed by atoms with Crippen LogP contribution in [0.4, 0.5) is 5.95 Å². The Kier molecular flexibility index (Phi) is 4.61. The molecule has 5 nitrogen and oxygen atoms in total. The number of nitrogens with one attached hydrogen (secondary N) is 1. The van der Waals surface area contributed by atoms with Crippen LogP contribution in [0.5, 0.6) is 0 Å². The van der Waals surface area contributed by atoms with Gasteiger partial charge in [-0.05, 0) is 32.4 Å². The summed E-state index contributed by atoms with van der Waals surface area (Å²) in [6.07, 6.45) is 0.664. The Morgan fingerprint density at radius 1 is 1.35 bits per heavy atom. The molecule has 0 aliphatic carbocycles. The Bertz CT molecular complexity index is 592. The van der Waals surface area contributed by atoms with Crippen molar-refractivity contribution in [2.75, 3.05) is 18.5 Å². The van der Waals surface area contributed by atoms with E-state index in [2.05, 4.69) is 10.3 Å². The molecule has 0 radical (unpaired) electrons. The van der Waals surface area contributed by atoms with E-state index < -0.39 is 0 Å². The normalized spacial score (nSPS) is 12.3. The Balaban J connectivity index is 2.53. The van der Waals surface area contributed by atoms with E-state index in [1.165, 1.54) is 0 Å². The zero-order valence-electron chi connectivity index (χ0n) is 12.2. The van der Waals surface area contributed by atoms with E-state index in [0.29, 0.717) is 19.0 Å². The lowest BCUT2D eigenvalue weighted by Gasteiger charge is -2.18. The Morgan fingerprint density at radius 3 is 2.75 bits per heavy atom. The SMILES string of the molecule is CCNc1nc2ccccc2n1C(CC)C(=O)OCC. The van der Waals surface area contributed by atoms with Crippen LogP contribution in [0, 0.1) is 0 Å². The first-order valence-corrected chi connectivity index (χ1v) is 7.10. The van der Waals surface area contributed by atoms with Crippen molar-refractivity contribution < 1.29 is 9.53 Å². The molecule has 2 rings (SSSR count). The molecule has 1 unspecified atom stereocenters. The smallest absolute Gasteiger partial charge is 0.329 e. The van der Waals surface area contributed by atoms with Crippen LogP contribution < -0.4 is 5.32 Å². The molecular weight excluding hydrogens is 254 g/mol. The van der Waals surface area contributed by atoms with Gasteiger partial charge in [0.1, 0.15) is 6.04 Å². The number of aromatic nitrogens is 2. The Hall–Kier alpha value is -2.04. The second kappa shape index (κ2) is 6.41. The van der Waals surface area contributed by atoms with Gasteiger partial charge in [-0.15, -0.1) is 0 Å². The fourth-order valence-corrected chi connectivity index (χ4v) is 2.34. The third-order valence-electron chi connectivity index (χ3n) is 3.19. The number of nitrogens with zero attached hydrogens (tertiary/aromatic N) is 2. The second-order valence-corrected chi connectivity index (χ2v) is 4.50. The topological polar surface area (TPSA) is 56.2 Å². The summed E-state index contributed by atoms with van der Waals surface area (Å²) >= 11 is 0. The van der Waals surface area contributed by atoms with Gasteiger partial charge in [0.2, 0.25) is 5.95 Å². The zero-order valence-corrected chi connectivity index (χ0v) is 12.2. The highest BCUT2D eigenvalue weighted by molar-refractivity contribution is 5.83. The molecule has 0 saturated carbocycles. The van der Waals surface area contributed by atoms with Crippen molar-refractivity contribution in [1.82, 2.24) is 9.55 Å². The average molecular weight is 275 g/mol. The van der Waals surface area contributed by atoms with Crippen LogP contribution in [0.3, 0.4) is 0 Å². The third kappa shape index (κ3) is 2.61. The maximum atomic E-state index is 12.2. The number of hydrogen-bond acceptors (Lipinski definition) is 4. The van der Waals surface area contributed by atoms with Crippen molar-refractivity contribution in [1.29, 1.82) is 0 Å². The van der Waals surface area contributed by atoms with Crippen LogP contribution in [-0.4, -0.2) is 28.7 Å². The summed E-state index contributed by atoms with van der Waals surface area (Å²) in [5.41, 5.74) is 1.83. The van der Waals surface area contributed by atoms with Gasteiger partial charge in [-0.25, -0.2) is 9.78 Å². The molecule has 1 aromatic heterocycles. The number of ether oxygens (including phenoxy) is 1. The van der Waals surface area contributed by atoms with Crippen LogP contribution in [0.1, 0.15) is 33.2 Å². The number of para-hydroxylation sites is 2. The molecule has 0 aliphatic heterocycles. The highest BCUT2D eigenvalue weighted by atomic mass is 16.5. The minimum atomic E-state index is -0.351. The maximum Gasteiger partial charge on any atom is 0.329 e. The molecule has 0 spiro atoms. The second-order valence-electron chi connectivity index (χ2n) is 4.50. The molecule has 2 aromatic rings. The molecule has 0 bridgehead atoms. The molecule has 1 aromatic carbocycles. The first-order chi connectivity index (χ1) is 9.72. The van der Waals surface area contributed by atoms with Crippen molar-refractivity contribution in [2.45, 2.75) is 33.2 Å². The number of fused-ring (bicyclic) bond motifs is 1. The number of carbonyl (C=O) groups is 1. The number of carbonyl (C=O) groups excluding carboxylic acids is 1. The monoisotopic (exact) mass is 275 g/mol. The molecule has 0 aliphatic rings. The lowest BCUT2D eigenvalue weighted by atomic mass is 10.2. The zero-order chi connectivity index (χ0) is 14.5. The minimum Gasteiger partial charge on any atom is -0.464 e. The lowest BCUT2D eigenvalue weighted by Crippen LogP contribution is -2.23. The molecule has 1 heterocycles. The largest absolute Gasteiger partial charge is 0.464 e. The molecule has 20 heavy (non-hydrogen) atoms. The van der Waals surface area contributed by atoms with Gasteiger partial charge in [-0.1, -0.05) is 19.1 Å². The predicted octanol–water partition coefficient (Wildman–Crippen LogP) is 2.98. The van der Waals surface area contributed by atoms with Gasteiger partial charge in [0.25, 0.3) is 0 Å². The number of benzene rings is 1. The molecular formula is C15H21N3O2. The summed E-state index contributed by atoms with van der Waals surface area (Å²) in [6, 6.07) is 7.47.